The number of nitrogens with zero attached hydrogens (tertiary/aromatic N) is 2. The zero-order valence-corrected chi connectivity index (χ0v) is 15.4. The van der Waals surface area contributed by atoms with E-state index >= 15 is 0 Å². The van der Waals surface area contributed by atoms with Crippen molar-refractivity contribution in [3.8, 4) is 0 Å². The van der Waals surface area contributed by atoms with Crippen LogP contribution in [0.25, 0.3) is 10.9 Å². The molecule has 1 aliphatic heterocycles. The van der Waals surface area contributed by atoms with Crippen LogP contribution in [0.4, 0.5) is 13.2 Å². The SMILES string of the molecule is FC(F)(F)c1cccc(C(c2cnc3ccccc3c2)N2CCCNCC2)c1. The molecule has 1 unspecified atom stereocenters. The lowest BCUT2D eigenvalue weighted by Gasteiger charge is -2.31. The lowest BCUT2D eigenvalue weighted by atomic mass is 9.95. The molecule has 0 spiro atoms. The molecule has 2 aromatic carbocycles. The number of pyridine rings is 1. The van der Waals surface area contributed by atoms with Gasteiger partial charge < -0.3 is 5.32 Å². The standard InChI is InChI=1S/C22H22F3N3/c23-22(24,25)19-7-3-6-17(14-19)21(28-11-4-9-26-10-12-28)18-13-16-5-1-2-8-20(16)27-15-18/h1-3,5-8,13-15,21,26H,4,9-12H2. The summed E-state index contributed by atoms with van der Waals surface area (Å²) in [6.45, 7) is 3.33. The van der Waals surface area contributed by atoms with Gasteiger partial charge in [0.05, 0.1) is 17.1 Å². The summed E-state index contributed by atoms with van der Waals surface area (Å²) in [6, 6.07) is 15.3. The quantitative estimate of drug-likeness (QED) is 0.712. The van der Waals surface area contributed by atoms with E-state index in [-0.39, 0.29) is 6.04 Å². The first kappa shape index (κ1) is 18.9. The highest BCUT2D eigenvalue weighted by atomic mass is 19.4. The summed E-state index contributed by atoms with van der Waals surface area (Å²) in [5, 5.41) is 4.35. The molecule has 28 heavy (non-hydrogen) atoms. The lowest BCUT2D eigenvalue weighted by molar-refractivity contribution is -0.137. The summed E-state index contributed by atoms with van der Waals surface area (Å²) in [5.41, 5.74) is 1.83. The zero-order chi connectivity index (χ0) is 19.6. The summed E-state index contributed by atoms with van der Waals surface area (Å²) in [6.07, 6.45) is -1.61. The van der Waals surface area contributed by atoms with Crippen molar-refractivity contribution in [3.05, 3.63) is 77.5 Å². The van der Waals surface area contributed by atoms with E-state index in [0.717, 1.165) is 55.1 Å². The van der Waals surface area contributed by atoms with E-state index in [1.165, 1.54) is 12.1 Å². The highest BCUT2D eigenvalue weighted by Crippen LogP contribution is 2.35. The third-order valence-corrected chi connectivity index (χ3v) is 5.20. The molecule has 1 saturated heterocycles. The second kappa shape index (κ2) is 7.89. The Hall–Kier alpha value is -2.44. The molecule has 3 aromatic rings. The van der Waals surface area contributed by atoms with Gasteiger partial charge in [-0.15, -0.1) is 0 Å². The van der Waals surface area contributed by atoms with Gasteiger partial charge in [0.2, 0.25) is 0 Å². The van der Waals surface area contributed by atoms with Crippen molar-refractivity contribution in [2.45, 2.75) is 18.6 Å². The number of rotatable bonds is 3. The molecule has 1 aromatic heterocycles. The number of nitrogens with one attached hydrogen (secondary N) is 1. The van der Waals surface area contributed by atoms with Gasteiger partial charge in [0, 0.05) is 31.2 Å². The van der Waals surface area contributed by atoms with Crippen LogP contribution in [0.2, 0.25) is 0 Å². The molecule has 146 valence electrons. The first-order valence-corrected chi connectivity index (χ1v) is 9.49. The maximum Gasteiger partial charge on any atom is 0.416 e. The smallest absolute Gasteiger partial charge is 0.315 e. The first-order chi connectivity index (χ1) is 13.5. The van der Waals surface area contributed by atoms with Gasteiger partial charge in [0.25, 0.3) is 0 Å². The Morgan fingerprint density at radius 2 is 1.79 bits per heavy atom. The fourth-order valence-corrected chi connectivity index (χ4v) is 3.86. The van der Waals surface area contributed by atoms with E-state index in [0.29, 0.717) is 5.56 Å². The van der Waals surface area contributed by atoms with Crippen LogP contribution in [0.1, 0.15) is 29.2 Å². The molecular weight excluding hydrogens is 363 g/mol. The Bertz CT molecular complexity index is 947. The molecule has 2 heterocycles. The normalized spacial score (nSPS) is 17.4. The maximum atomic E-state index is 13.3. The van der Waals surface area contributed by atoms with Gasteiger partial charge in [-0.3, -0.25) is 9.88 Å². The van der Waals surface area contributed by atoms with Crippen LogP contribution < -0.4 is 5.32 Å². The molecular formula is C22H22F3N3. The summed E-state index contributed by atoms with van der Waals surface area (Å²) >= 11 is 0. The minimum absolute atomic E-state index is 0.265. The minimum atomic E-state index is -4.36. The van der Waals surface area contributed by atoms with E-state index in [9.17, 15) is 13.2 Å². The number of alkyl halides is 3. The van der Waals surface area contributed by atoms with Crippen molar-refractivity contribution in [2.24, 2.45) is 0 Å². The molecule has 0 bridgehead atoms. The van der Waals surface area contributed by atoms with Crippen LogP contribution >= 0.6 is 0 Å². The number of para-hydroxylation sites is 1. The van der Waals surface area contributed by atoms with Crippen LogP contribution in [0.3, 0.4) is 0 Å². The van der Waals surface area contributed by atoms with Crippen LogP contribution in [-0.2, 0) is 6.18 Å². The zero-order valence-electron chi connectivity index (χ0n) is 15.4. The predicted molar refractivity (Wildman–Crippen MR) is 104 cm³/mol. The summed E-state index contributed by atoms with van der Waals surface area (Å²) < 4.78 is 39.9. The van der Waals surface area contributed by atoms with Gasteiger partial charge in [-0.1, -0.05) is 30.3 Å². The first-order valence-electron chi connectivity index (χ1n) is 9.49. The molecule has 1 N–H and O–H groups in total. The molecule has 0 amide bonds. The Kier molecular flexibility index (Phi) is 5.33. The van der Waals surface area contributed by atoms with Crippen molar-refractivity contribution >= 4 is 10.9 Å². The van der Waals surface area contributed by atoms with Gasteiger partial charge >= 0.3 is 6.18 Å². The van der Waals surface area contributed by atoms with Crippen LogP contribution in [-0.4, -0.2) is 36.1 Å². The Labute approximate surface area is 162 Å². The summed E-state index contributed by atoms with van der Waals surface area (Å²) in [4.78, 5) is 6.80. The van der Waals surface area contributed by atoms with Crippen molar-refractivity contribution < 1.29 is 13.2 Å². The molecule has 0 saturated carbocycles. The van der Waals surface area contributed by atoms with Gasteiger partial charge in [0.1, 0.15) is 0 Å². The Balaban J connectivity index is 1.81. The largest absolute Gasteiger partial charge is 0.416 e. The molecule has 3 nitrogen and oxygen atoms in total. The monoisotopic (exact) mass is 385 g/mol. The van der Waals surface area contributed by atoms with E-state index < -0.39 is 11.7 Å². The molecule has 1 atom stereocenters. The molecule has 1 fully saturated rings. The Morgan fingerprint density at radius 1 is 0.929 bits per heavy atom. The fourth-order valence-electron chi connectivity index (χ4n) is 3.86. The van der Waals surface area contributed by atoms with Crippen molar-refractivity contribution in [2.75, 3.05) is 26.2 Å². The fraction of sp³-hybridized carbons (Fsp3) is 0.318. The minimum Gasteiger partial charge on any atom is -0.315 e. The molecule has 6 heteroatoms. The Morgan fingerprint density at radius 3 is 2.64 bits per heavy atom. The third kappa shape index (κ3) is 4.03. The van der Waals surface area contributed by atoms with Crippen molar-refractivity contribution in [3.63, 3.8) is 0 Å². The number of halogens is 3. The van der Waals surface area contributed by atoms with Gasteiger partial charge in [-0.2, -0.15) is 13.2 Å². The van der Waals surface area contributed by atoms with Gasteiger partial charge in [0.15, 0.2) is 0 Å². The third-order valence-electron chi connectivity index (χ3n) is 5.20. The van der Waals surface area contributed by atoms with E-state index in [1.807, 2.05) is 30.3 Å². The van der Waals surface area contributed by atoms with Crippen molar-refractivity contribution in [1.29, 1.82) is 0 Å². The number of hydrogen-bond acceptors (Lipinski definition) is 3. The van der Waals surface area contributed by atoms with Gasteiger partial charge in [-0.05, 0) is 48.4 Å². The average Bonchev–Trinajstić information content (AvgIpc) is 2.97. The number of benzene rings is 2. The predicted octanol–water partition coefficient (Wildman–Crippen LogP) is 4.64. The van der Waals surface area contributed by atoms with Crippen LogP contribution in [0, 0.1) is 0 Å². The lowest BCUT2D eigenvalue weighted by Crippen LogP contribution is -2.33. The summed E-state index contributed by atoms with van der Waals surface area (Å²) in [7, 11) is 0. The topological polar surface area (TPSA) is 28.2 Å². The second-order valence-corrected chi connectivity index (χ2v) is 7.13. The number of fused-ring (bicyclic) bond motifs is 1. The summed E-state index contributed by atoms with van der Waals surface area (Å²) in [5.74, 6) is 0. The van der Waals surface area contributed by atoms with E-state index in [2.05, 4.69) is 15.2 Å². The van der Waals surface area contributed by atoms with E-state index in [1.54, 1.807) is 12.3 Å². The maximum absolute atomic E-state index is 13.3. The molecule has 4 rings (SSSR count). The average molecular weight is 385 g/mol. The molecule has 0 aliphatic carbocycles. The number of hydrogen-bond donors (Lipinski definition) is 1. The highest BCUT2D eigenvalue weighted by Gasteiger charge is 2.32. The second-order valence-electron chi connectivity index (χ2n) is 7.13. The number of aromatic nitrogens is 1. The molecule has 1 aliphatic rings. The van der Waals surface area contributed by atoms with Crippen molar-refractivity contribution in [1.82, 2.24) is 15.2 Å². The van der Waals surface area contributed by atoms with Gasteiger partial charge in [-0.25, -0.2) is 0 Å². The van der Waals surface area contributed by atoms with E-state index in [4.69, 9.17) is 0 Å². The van der Waals surface area contributed by atoms with Crippen LogP contribution in [0.15, 0.2) is 60.8 Å². The molecule has 0 radical (unpaired) electrons. The van der Waals surface area contributed by atoms with Crippen LogP contribution in [0.5, 0.6) is 0 Å². The highest BCUT2D eigenvalue weighted by molar-refractivity contribution is 5.79.